The largest absolute Gasteiger partial charge is 0.361 e. The molecule has 0 aliphatic carbocycles. The van der Waals surface area contributed by atoms with Crippen molar-refractivity contribution in [1.82, 2.24) is 14.6 Å². The van der Waals surface area contributed by atoms with Gasteiger partial charge in [0.1, 0.15) is 6.04 Å². The van der Waals surface area contributed by atoms with Crippen LogP contribution in [0.3, 0.4) is 0 Å². The van der Waals surface area contributed by atoms with Crippen molar-refractivity contribution in [3.05, 3.63) is 65.3 Å². The van der Waals surface area contributed by atoms with E-state index in [2.05, 4.69) is 10.3 Å². The van der Waals surface area contributed by atoms with Crippen molar-refractivity contribution in [3.63, 3.8) is 0 Å². The zero-order valence-corrected chi connectivity index (χ0v) is 18.2. The Labute approximate surface area is 181 Å². The molecule has 158 valence electrons. The number of hydrogen-bond donors (Lipinski definition) is 2. The predicted molar refractivity (Wildman–Crippen MR) is 118 cm³/mol. The molecule has 6 nitrogen and oxygen atoms in total. The van der Waals surface area contributed by atoms with Crippen LogP contribution in [0.1, 0.15) is 37.8 Å². The minimum atomic E-state index is -3.96. The summed E-state index contributed by atoms with van der Waals surface area (Å²) in [6.07, 6.45) is 3.91. The van der Waals surface area contributed by atoms with E-state index in [0.29, 0.717) is 18.0 Å². The van der Waals surface area contributed by atoms with Crippen LogP contribution in [-0.2, 0) is 14.8 Å². The first-order valence-electron chi connectivity index (χ1n) is 10.0. The second-order valence-corrected chi connectivity index (χ2v) is 9.84. The molecule has 2 heterocycles. The molecule has 2 unspecified atom stereocenters. The Bertz CT molecular complexity index is 1160. The van der Waals surface area contributed by atoms with Crippen molar-refractivity contribution < 1.29 is 13.2 Å². The van der Waals surface area contributed by atoms with Crippen LogP contribution >= 0.6 is 11.6 Å². The van der Waals surface area contributed by atoms with Gasteiger partial charge in [-0.2, -0.15) is 4.31 Å². The van der Waals surface area contributed by atoms with E-state index in [1.807, 2.05) is 37.4 Å². The average molecular weight is 446 g/mol. The molecule has 1 aliphatic rings. The zero-order chi connectivity index (χ0) is 21.3. The van der Waals surface area contributed by atoms with E-state index < -0.39 is 22.1 Å². The fraction of sp³-hybridized carbons (Fsp3) is 0.318. The van der Waals surface area contributed by atoms with Gasteiger partial charge < -0.3 is 10.3 Å². The molecule has 2 aromatic carbocycles. The first kappa shape index (κ1) is 20.9. The van der Waals surface area contributed by atoms with Gasteiger partial charge in [-0.25, -0.2) is 8.42 Å². The summed E-state index contributed by atoms with van der Waals surface area (Å²) >= 11 is 5.97. The lowest BCUT2D eigenvalue weighted by Gasteiger charge is -2.34. The number of hydrogen-bond acceptors (Lipinski definition) is 3. The second kappa shape index (κ2) is 8.41. The summed E-state index contributed by atoms with van der Waals surface area (Å²) in [6, 6.07) is 12.5. The molecular weight excluding hydrogens is 422 g/mol. The first-order valence-corrected chi connectivity index (χ1v) is 11.8. The van der Waals surface area contributed by atoms with Crippen LogP contribution < -0.4 is 5.32 Å². The topological polar surface area (TPSA) is 82.3 Å². The summed E-state index contributed by atoms with van der Waals surface area (Å²) in [5.74, 6) is -0.253. The maximum atomic E-state index is 13.8. The van der Waals surface area contributed by atoms with E-state index in [-0.39, 0.29) is 10.8 Å². The summed E-state index contributed by atoms with van der Waals surface area (Å²) in [6.45, 7) is 2.40. The zero-order valence-electron chi connectivity index (χ0n) is 16.6. The summed E-state index contributed by atoms with van der Waals surface area (Å²) in [7, 11) is -3.96. The Morgan fingerprint density at radius 1 is 1.10 bits per heavy atom. The van der Waals surface area contributed by atoms with E-state index in [1.54, 1.807) is 12.1 Å². The van der Waals surface area contributed by atoms with Crippen LogP contribution in [0, 0.1) is 0 Å². The summed E-state index contributed by atoms with van der Waals surface area (Å²) in [4.78, 5) is 16.2. The highest BCUT2D eigenvalue weighted by Crippen LogP contribution is 2.35. The number of nitrogens with zero attached hydrogens (tertiary/aromatic N) is 1. The molecule has 3 aromatic rings. The van der Waals surface area contributed by atoms with Crippen molar-refractivity contribution in [2.45, 2.75) is 43.2 Å². The van der Waals surface area contributed by atoms with E-state index in [4.69, 9.17) is 11.6 Å². The first-order chi connectivity index (χ1) is 14.4. The number of rotatable bonds is 5. The van der Waals surface area contributed by atoms with Gasteiger partial charge in [-0.3, -0.25) is 4.79 Å². The normalized spacial score (nSPS) is 18.9. The van der Waals surface area contributed by atoms with Gasteiger partial charge in [-0.15, -0.1) is 0 Å². The number of sulfonamides is 1. The molecule has 4 rings (SSSR count). The van der Waals surface area contributed by atoms with E-state index in [0.717, 1.165) is 29.3 Å². The van der Waals surface area contributed by atoms with Crippen molar-refractivity contribution in [2.24, 2.45) is 0 Å². The van der Waals surface area contributed by atoms with E-state index in [9.17, 15) is 13.2 Å². The van der Waals surface area contributed by atoms with E-state index >= 15 is 0 Å². The minimum absolute atomic E-state index is 0.121. The number of halogens is 1. The van der Waals surface area contributed by atoms with Gasteiger partial charge >= 0.3 is 0 Å². The number of carbonyl (C=O) groups excluding carboxylic acids is 1. The molecule has 2 N–H and O–H groups in total. The van der Waals surface area contributed by atoms with Gasteiger partial charge in [0.2, 0.25) is 15.9 Å². The number of nitrogens with one attached hydrogen (secondary N) is 2. The molecular formula is C22H24ClN3O3S. The summed E-state index contributed by atoms with van der Waals surface area (Å²) in [5, 5.41) is 4.27. The lowest BCUT2D eigenvalue weighted by molar-refractivity contribution is -0.125. The Morgan fingerprint density at radius 2 is 1.83 bits per heavy atom. The third-order valence-electron chi connectivity index (χ3n) is 5.66. The molecule has 1 saturated heterocycles. The SMILES string of the molecule is CC(c1c[nH]c2ccccc12)N(C1CCCCNC1=O)S(=O)(=O)c1ccc(Cl)cc1. The number of benzene rings is 2. The van der Waals surface area contributed by atoms with Gasteiger partial charge in [-0.1, -0.05) is 29.8 Å². The summed E-state index contributed by atoms with van der Waals surface area (Å²) in [5.41, 5.74) is 1.76. The van der Waals surface area contributed by atoms with Gasteiger partial charge in [0.05, 0.1) is 10.9 Å². The molecule has 1 aliphatic heterocycles. The predicted octanol–water partition coefficient (Wildman–Crippen LogP) is 4.24. The Balaban J connectivity index is 1.84. The van der Waals surface area contributed by atoms with E-state index in [1.165, 1.54) is 16.4 Å². The van der Waals surface area contributed by atoms with Crippen LogP contribution in [0.25, 0.3) is 10.9 Å². The molecule has 2 atom stereocenters. The number of fused-ring (bicyclic) bond motifs is 1. The smallest absolute Gasteiger partial charge is 0.244 e. The number of carbonyl (C=O) groups is 1. The van der Waals surface area contributed by atoms with Crippen molar-refractivity contribution in [2.75, 3.05) is 6.54 Å². The van der Waals surface area contributed by atoms with Crippen molar-refractivity contribution in [1.29, 1.82) is 0 Å². The number of H-pyrrole nitrogens is 1. The molecule has 1 fully saturated rings. The van der Waals surface area contributed by atoms with Crippen LogP contribution in [-0.4, -0.2) is 36.2 Å². The fourth-order valence-corrected chi connectivity index (χ4v) is 6.03. The number of amides is 1. The van der Waals surface area contributed by atoms with Crippen LogP contribution in [0.4, 0.5) is 0 Å². The highest BCUT2D eigenvalue weighted by Gasteiger charge is 2.40. The number of para-hydroxylation sites is 1. The highest BCUT2D eigenvalue weighted by atomic mass is 35.5. The minimum Gasteiger partial charge on any atom is -0.361 e. The van der Waals surface area contributed by atoms with Gasteiger partial charge in [0, 0.05) is 28.7 Å². The monoisotopic (exact) mass is 445 g/mol. The Morgan fingerprint density at radius 3 is 2.60 bits per heavy atom. The third-order valence-corrected chi connectivity index (χ3v) is 7.90. The van der Waals surface area contributed by atoms with Gasteiger partial charge in [0.15, 0.2) is 0 Å². The van der Waals surface area contributed by atoms with Crippen LogP contribution in [0.2, 0.25) is 5.02 Å². The third kappa shape index (κ3) is 3.85. The second-order valence-electron chi connectivity index (χ2n) is 7.56. The lowest BCUT2D eigenvalue weighted by Crippen LogP contribution is -2.49. The highest BCUT2D eigenvalue weighted by molar-refractivity contribution is 7.89. The van der Waals surface area contributed by atoms with Crippen molar-refractivity contribution >= 4 is 38.4 Å². The van der Waals surface area contributed by atoms with Gasteiger partial charge in [0.25, 0.3) is 0 Å². The maximum absolute atomic E-state index is 13.8. The Kier molecular flexibility index (Phi) is 5.86. The fourth-order valence-electron chi connectivity index (χ4n) is 4.12. The lowest BCUT2D eigenvalue weighted by atomic mass is 10.0. The van der Waals surface area contributed by atoms with Crippen LogP contribution in [0.5, 0.6) is 0 Å². The summed E-state index contributed by atoms with van der Waals surface area (Å²) < 4.78 is 28.9. The molecule has 0 saturated carbocycles. The molecule has 0 radical (unpaired) electrons. The molecule has 8 heteroatoms. The average Bonchev–Trinajstić information content (AvgIpc) is 3.06. The molecule has 1 amide bonds. The number of aromatic amines is 1. The van der Waals surface area contributed by atoms with Crippen molar-refractivity contribution in [3.8, 4) is 0 Å². The standard InChI is InChI=1S/C22H24ClN3O3S/c1-15(19-14-25-20-7-3-2-6-18(19)20)26(21-8-4-5-13-24-22(21)27)30(28,29)17-11-9-16(23)10-12-17/h2-3,6-7,9-12,14-15,21,25H,4-5,8,13H2,1H3,(H,24,27). The molecule has 30 heavy (non-hydrogen) atoms. The molecule has 0 bridgehead atoms. The molecule has 1 aromatic heterocycles. The molecule has 0 spiro atoms. The maximum Gasteiger partial charge on any atom is 0.244 e. The van der Waals surface area contributed by atoms with Crippen LogP contribution in [0.15, 0.2) is 59.6 Å². The quantitative estimate of drug-likeness (QED) is 0.616. The van der Waals surface area contributed by atoms with Gasteiger partial charge in [-0.05, 0) is 62.1 Å². The number of aromatic nitrogens is 1. The Hall–Kier alpha value is -2.35.